The van der Waals surface area contributed by atoms with Crippen molar-refractivity contribution in [2.75, 3.05) is 13.1 Å². The van der Waals surface area contributed by atoms with Gasteiger partial charge in [0.05, 0.1) is 12.6 Å². The third-order valence-corrected chi connectivity index (χ3v) is 4.39. The Kier molecular flexibility index (Phi) is 10.7. The highest BCUT2D eigenvalue weighted by molar-refractivity contribution is 14.0. The van der Waals surface area contributed by atoms with Crippen molar-refractivity contribution in [3.05, 3.63) is 45.9 Å². The van der Waals surface area contributed by atoms with Crippen molar-refractivity contribution in [3.8, 4) is 5.75 Å². The maximum absolute atomic E-state index is 12.6. The Bertz CT molecular complexity index is 764. The number of ether oxygens (including phenoxy) is 1. The number of alkyl halides is 3. The second-order valence-corrected chi connectivity index (χ2v) is 7.25. The lowest BCUT2D eigenvalue weighted by Crippen LogP contribution is -2.38. The van der Waals surface area contributed by atoms with Crippen molar-refractivity contribution >= 4 is 41.3 Å². The average Bonchev–Trinajstić information content (AvgIpc) is 3.10. The van der Waals surface area contributed by atoms with Crippen LogP contribution >= 0.6 is 35.3 Å². The number of thiazole rings is 1. The Labute approximate surface area is 190 Å². The smallest absolute Gasteiger partial charge is 0.434 e. The van der Waals surface area contributed by atoms with Crippen LogP contribution in [0.2, 0.25) is 0 Å². The standard InChI is InChI=1S/C19H25F3N4OS.HI/c1-4-23-18(25-11-17-26-16(12-28-17)19(20,21)22)24-10-9-14-5-7-15(8-6-14)27-13(2)3;/h5-8,12-13H,4,9-11H2,1-3H3,(H2,23,24,25);1H. The first kappa shape index (κ1) is 25.5. The summed E-state index contributed by atoms with van der Waals surface area (Å²) in [6.07, 6.45) is -3.50. The highest BCUT2D eigenvalue weighted by Gasteiger charge is 2.33. The SMILES string of the molecule is CCNC(=NCc1nc(C(F)(F)F)cs1)NCCc1ccc(OC(C)C)cc1.I. The molecule has 1 aromatic heterocycles. The number of hydrogen-bond donors (Lipinski definition) is 2. The average molecular weight is 542 g/mol. The Balaban J connectivity index is 0.00000420. The second kappa shape index (κ2) is 12.2. The Hall–Kier alpha value is -1.56. The molecule has 2 aromatic rings. The minimum absolute atomic E-state index is 0. The number of nitrogens with one attached hydrogen (secondary N) is 2. The summed E-state index contributed by atoms with van der Waals surface area (Å²) in [4.78, 5) is 7.90. The zero-order valence-electron chi connectivity index (χ0n) is 16.5. The number of aromatic nitrogens is 1. The molecule has 0 unspecified atom stereocenters. The van der Waals surface area contributed by atoms with Crippen molar-refractivity contribution in [2.45, 2.75) is 46.0 Å². The number of nitrogens with zero attached hydrogens (tertiary/aromatic N) is 2. The minimum Gasteiger partial charge on any atom is -0.491 e. The summed E-state index contributed by atoms with van der Waals surface area (Å²) >= 11 is 0.957. The van der Waals surface area contributed by atoms with Crippen LogP contribution in [0.1, 0.15) is 37.0 Å². The molecule has 162 valence electrons. The molecule has 1 aromatic carbocycles. The van der Waals surface area contributed by atoms with E-state index in [0.29, 0.717) is 24.1 Å². The molecule has 0 radical (unpaired) electrons. The van der Waals surface area contributed by atoms with E-state index >= 15 is 0 Å². The van der Waals surface area contributed by atoms with E-state index in [1.807, 2.05) is 45.0 Å². The summed E-state index contributed by atoms with van der Waals surface area (Å²) in [6, 6.07) is 7.90. The molecule has 5 nitrogen and oxygen atoms in total. The number of benzene rings is 1. The van der Waals surface area contributed by atoms with E-state index in [1.165, 1.54) is 0 Å². The molecule has 0 saturated heterocycles. The normalized spacial score (nSPS) is 11.9. The summed E-state index contributed by atoms with van der Waals surface area (Å²) in [6.45, 7) is 7.28. The van der Waals surface area contributed by atoms with Crippen LogP contribution in [0, 0.1) is 0 Å². The van der Waals surface area contributed by atoms with Crippen LogP contribution in [0.5, 0.6) is 5.75 Å². The number of rotatable bonds is 8. The maximum atomic E-state index is 12.6. The van der Waals surface area contributed by atoms with Gasteiger partial charge in [0.25, 0.3) is 0 Å². The highest BCUT2D eigenvalue weighted by Crippen LogP contribution is 2.30. The summed E-state index contributed by atoms with van der Waals surface area (Å²) in [7, 11) is 0. The highest BCUT2D eigenvalue weighted by atomic mass is 127. The molecule has 0 fully saturated rings. The summed E-state index contributed by atoms with van der Waals surface area (Å²) in [5.41, 5.74) is 0.278. The van der Waals surface area contributed by atoms with Crippen LogP contribution in [0.25, 0.3) is 0 Å². The molecule has 2 N–H and O–H groups in total. The van der Waals surface area contributed by atoms with Crippen molar-refractivity contribution in [1.29, 1.82) is 0 Å². The first-order valence-electron chi connectivity index (χ1n) is 9.07. The fraction of sp³-hybridized carbons (Fsp3) is 0.474. The fourth-order valence-electron chi connectivity index (χ4n) is 2.33. The lowest BCUT2D eigenvalue weighted by molar-refractivity contribution is -0.140. The van der Waals surface area contributed by atoms with E-state index in [0.717, 1.165) is 34.5 Å². The van der Waals surface area contributed by atoms with Gasteiger partial charge >= 0.3 is 6.18 Å². The van der Waals surface area contributed by atoms with Crippen LogP contribution in [-0.4, -0.2) is 30.1 Å². The molecule has 1 heterocycles. The predicted molar refractivity (Wildman–Crippen MR) is 121 cm³/mol. The van der Waals surface area contributed by atoms with E-state index in [-0.39, 0.29) is 36.6 Å². The van der Waals surface area contributed by atoms with Gasteiger partial charge < -0.3 is 15.4 Å². The second-order valence-electron chi connectivity index (χ2n) is 6.31. The number of guanidine groups is 1. The third-order valence-electron chi connectivity index (χ3n) is 3.56. The van der Waals surface area contributed by atoms with Gasteiger partial charge in [-0.05, 0) is 44.9 Å². The molecule has 0 aliphatic rings. The van der Waals surface area contributed by atoms with Gasteiger partial charge in [-0.15, -0.1) is 35.3 Å². The topological polar surface area (TPSA) is 58.5 Å². The number of aliphatic imine (C=N–C) groups is 1. The van der Waals surface area contributed by atoms with E-state index in [2.05, 4.69) is 20.6 Å². The molecule has 0 saturated carbocycles. The lowest BCUT2D eigenvalue weighted by atomic mass is 10.1. The van der Waals surface area contributed by atoms with E-state index < -0.39 is 11.9 Å². The van der Waals surface area contributed by atoms with Gasteiger partial charge in [-0.2, -0.15) is 13.2 Å². The minimum atomic E-state index is -4.42. The van der Waals surface area contributed by atoms with Crippen LogP contribution in [0.3, 0.4) is 0 Å². The monoisotopic (exact) mass is 542 g/mol. The molecule has 0 spiro atoms. The van der Waals surface area contributed by atoms with Crippen molar-refractivity contribution in [1.82, 2.24) is 15.6 Å². The number of halogens is 4. The molecule has 10 heteroatoms. The molecular weight excluding hydrogens is 516 g/mol. The maximum Gasteiger partial charge on any atom is 0.434 e. The van der Waals surface area contributed by atoms with Crippen molar-refractivity contribution in [3.63, 3.8) is 0 Å². The van der Waals surface area contributed by atoms with Crippen molar-refractivity contribution < 1.29 is 17.9 Å². The van der Waals surface area contributed by atoms with E-state index in [9.17, 15) is 13.2 Å². The molecule has 0 bridgehead atoms. The zero-order valence-corrected chi connectivity index (χ0v) is 19.7. The first-order chi connectivity index (χ1) is 13.3. The molecule has 2 rings (SSSR count). The van der Waals surface area contributed by atoms with Crippen LogP contribution in [0.15, 0.2) is 34.6 Å². The summed E-state index contributed by atoms with van der Waals surface area (Å²) in [5.74, 6) is 1.38. The predicted octanol–water partition coefficient (Wildman–Crippen LogP) is 4.86. The molecular formula is C19H26F3IN4OS. The van der Waals surface area contributed by atoms with Gasteiger partial charge in [0, 0.05) is 18.5 Å². The van der Waals surface area contributed by atoms with Gasteiger partial charge in [0.2, 0.25) is 0 Å². The number of hydrogen-bond acceptors (Lipinski definition) is 4. The summed E-state index contributed by atoms with van der Waals surface area (Å²) < 4.78 is 43.5. The van der Waals surface area contributed by atoms with Gasteiger partial charge in [0.15, 0.2) is 11.7 Å². The molecule has 29 heavy (non-hydrogen) atoms. The molecule has 0 aliphatic heterocycles. The quantitative estimate of drug-likeness (QED) is 0.284. The Morgan fingerprint density at radius 3 is 2.45 bits per heavy atom. The van der Waals surface area contributed by atoms with Crippen LogP contribution in [0.4, 0.5) is 13.2 Å². The van der Waals surface area contributed by atoms with Gasteiger partial charge in [-0.25, -0.2) is 9.98 Å². The van der Waals surface area contributed by atoms with Crippen molar-refractivity contribution in [2.24, 2.45) is 4.99 Å². The van der Waals surface area contributed by atoms with E-state index in [1.54, 1.807) is 0 Å². The fourth-order valence-corrected chi connectivity index (χ4v) is 3.06. The van der Waals surface area contributed by atoms with Gasteiger partial charge in [-0.1, -0.05) is 12.1 Å². The third kappa shape index (κ3) is 9.20. The molecule has 0 atom stereocenters. The molecule has 0 amide bonds. The molecule has 0 aliphatic carbocycles. The van der Waals surface area contributed by atoms with Crippen LogP contribution < -0.4 is 15.4 Å². The lowest BCUT2D eigenvalue weighted by Gasteiger charge is -2.12. The van der Waals surface area contributed by atoms with E-state index in [4.69, 9.17) is 4.74 Å². The van der Waals surface area contributed by atoms with Gasteiger partial charge in [0.1, 0.15) is 10.8 Å². The largest absolute Gasteiger partial charge is 0.491 e. The first-order valence-corrected chi connectivity index (χ1v) is 9.95. The Morgan fingerprint density at radius 2 is 1.90 bits per heavy atom. The van der Waals surface area contributed by atoms with Crippen LogP contribution in [-0.2, 0) is 19.1 Å². The zero-order chi connectivity index (χ0) is 20.6. The Morgan fingerprint density at radius 1 is 1.21 bits per heavy atom. The van der Waals surface area contributed by atoms with Gasteiger partial charge in [-0.3, -0.25) is 0 Å². The summed E-state index contributed by atoms with van der Waals surface area (Å²) in [5, 5.41) is 7.60.